The summed E-state index contributed by atoms with van der Waals surface area (Å²) in [4.78, 5) is 0. The highest BCUT2D eigenvalue weighted by atomic mass is 16.3. The Balaban J connectivity index is 2.36. The second-order valence-corrected chi connectivity index (χ2v) is 5.09. The summed E-state index contributed by atoms with van der Waals surface area (Å²) in [6.45, 7) is 6.47. The van der Waals surface area contributed by atoms with Crippen LogP contribution in [0.1, 0.15) is 32.0 Å². The van der Waals surface area contributed by atoms with E-state index in [1.165, 1.54) is 5.56 Å². The zero-order chi connectivity index (χ0) is 12.5. The number of benzene rings is 1. The molecule has 1 heterocycles. The van der Waals surface area contributed by atoms with E-state index in [-0.39, 0.29) is 12.0 Å². The van der Waals surface area contributed by atoms with Gasteiger partial charge in [0.05, 0.1) is 24.2 Å². The smallest absolute Gasteiger partial charge is 0.0900 e. The summed E-state index contributed by atoms with van der Waals surface area (Å²) in [6.07, 6.45) is 1.57. The molecule has 2 rings (SSSR count). The van der Waals surface area contributed by atoms with Gasteiger partial charge in [0.15, 0.2) is 0 Å². The molecule has 0 fully saturated rings. The van der Waals surface area contributed by atoms with Crippen LogP contribution in [0.4, 0.5) is 0 Å². The van der Waals surface area contributed by atoms with Gasteiger partial charge in [-0.15, -0.1) is 5.10 Å². The van der Waals surface area contributed by atoms with Crippen molar-refractivity contribution < 1.29 is 5.11 Å². The van der Waals surface area contributed by atoms with Crippen LogP contribution in [-0.2, 0) is 12.0 Å². The number of aromatic nitrogens is 3. The molecule has 0 radical (unpaired) electrons. The van der Waals surface area contributed by atoms with E-state index in [1.807, 2.05) is 12.1 Å². The maximum absolute atomic E-state index is 9.15. The third-order valence-corrected chi connectivity index (χ3v) is 2.76. The van der Waals surface area contributed by atoms with Crippen molar-refractivity contribution in [1.29, 1.82) is 0 Å². The van der Waals surface area contributed by atoms with Gasteiger partial charge < -0.3 is 5.11 Å². The van der Waals surface area contributed by atoms with Crippen LogP contribution in [0.15, 0.2) is 30.5 Å². The molecular formula is C13H17N3O. The van der Waals surface area contributed by atoms with Gasteiger partial charge in [0.25, 0.3) is 0 Å². The highest BCUT2D eigenvalue weighted by Gasteiger charge is 2.13. The summed E-state index contributed by atoms with van der Waals surface area (Å²) >= 11 is 0. The Morgan fingerprint density at radius 2 is 1.82 bits per heavy atom. The highest BCUT2D eigenvalue weighted by Crippen LogP contribution is 2.23. The van der Waals surface area contributed by atoms with Crippen LogP contribution >= 0.6 is 0 Å². The first-order valence-corrected chi connectivity index (χ1v) is 5.64. The minimum atomic E-state index is -0.0615. The molecule has 0 spiro atoms. The normalized spacial score (nSPS) is 11.8. The average molecular weight is 231 g/mol. The molecule has 0 bridgehead atoms. The van der Waals surface area contributed by atoms with Crippen molar-refractivity contribution in [2.24, 2.45) is 0 Å². The first-order chi connectivity index (χ1) is 8.02. The minimum Gasteiger partial charge on any atom is -0.390 e. The van der Waals surface area contributed by atoms with Gasteiger partial charge in [-0.05, 0) is 23.1 Å². The van der Waals surface area contributed by atoms with Crippen molar-refractivity contribution in [3.63, 3.8) is 0 Å². The Morgan fingerprint density at radius 3 is 2.35 bits per heavy atom. The summed E-state index contributed by atoms with van der Waals surface area (Å²) in [5.41, 5.74) is 3.01. The Morgan fingerprint density at radius 1 is 1.18 bits per heavy atom. The fourth-order valence-electron chi connectivity index (χ4n) is 1.68. The minimum absolute atomic E-state index is 0.0615. The topological polar surface area (TPSA) is 50.9 Å². The van der Waals surface area contributed by atoms with Crippen molar-refractivity contribution in [2.75, 3.05) is 0 Å². The molecule has 2 aromatic rings. The monoisotopic (exact) mass is 231 g/mol. The quantitative estimate of drug-likeness (QED) is 0.860. The second kappa shape index (κ2) is 4.30. The van der Waals surface area contributed by atoms with Crippen molar-refractivity contribution >= 4 is 0 Å². The second-order valence-electron chi connectivity index (χ2n) is 5.09. The number of aliphatic hydroxyl groups is 1. The van der Waals surface area contributed by atoms with Gasteiger partial charge in [0.2, 0.25) is 0 Å². The molecule has 0 amide bonds. The lowest BCUT2D eigenvalue weighted by Crippen LogP contribution is -2.11. The lowest BCUT2D eigenvalue weighted by atomic mass is 9.87. The zero-order valence-corrected chi connectivity index (χ0v) is 10.4. The predicted octanol–water partition coefficient (Wildman–Crippen LogP) is 2.06. The van der Waals surface area contributed by atoms with E-state index in [9.17, 15) is 0 Å². The van der Waals surface area contributed by atoms with Crippen molar-refractivity contribution in [2.45, 2.75) is 32.8 Å². The molecule has 0 saturated heterocycles. The number of aliphatic hydroxyl groups excluding tert-OH is 1. The molecule has 90 valence electrons. The molecule has 4 nitrogen and oxygen atoms in total. The fraction of sp³-hybridized carbons (Fsp3) is 0.385. The Hall–Kier alpha value is -1.68. The van der Waals surface area contributed by atoms with Gasteiger partial charge in [-0.1, -0.05) is 38.1 Å². The largest absolute Gasteiger partial charge is 0.390 e. The molecule has 1 aromatic carbocycles. The molecule has 4 heteroatoms. The SMILES string of the molecule is CC(C)(C)c1ccc(-n2nncc2CO)cc1. The molecule has 0 unspecified atom stereocenters. The summed E-state index contributed by atoms with van der Waals surface area (Å²) in [5, 5.41) is 16.9. The maximum Gasteiger partial charge on any atom is 0.0900 e. The summed E-state index contributed by atoms with van der Waals surface area (Å²) in [6, 6.07) is 8.15. The van der Waals surface area contributed by atoms with Crippen LogP contribution in [0.25, 0.3) is 5.69 Å². The fourth-order valence-corrected chi connectivity index (χ4v) is 1.68. The molecule has 17 heavy (non-hydrogen) atoms. The molecular weight excluding hydrogens is 214 g/mol. The molecule has 1 N–H and O–H groups in total. The van der Waals surface area contributed by atoms with E-state index in [4.69, 9.17) is 5.11 Å². The van der Waals surface area contributed by atoms with Gasteiger partial charge in [-0.25, -0.2) is 4.68 Å². The Bertz CT molecular complexity index is 494. The van der Waals surface area contributed by atoms with Crippen molar-refractivity contribution in [3.05, 3.63) is 41.7 Å². The van der Waals surface area contributed by atoms with E-state index in [2.05, 4.69) is 43.2 Å². The Labute approximate surface area is 101 Å². The van der Waals surface area contributed by atoms with Gasteiger partial charge in [0, 0.05) is 0 Å². The van der Waals surface area contributed by atoms with Gasteiger partial charge in [-0.3, -0.25) is 0 Å². The lowest BCUT2D eigenvalue weighted by molar-refractivity contribution is 0.273. The predicted molar refractivity (Wildman–Crippen MR) is 66.0 cm³/mol. The van der Waals surface area contributed by atoms with Gasteiger partial charge in [-0.2, -0.15) is 0 Å². The number of hydrogen-bond donors (Lipinski definition) is 1. The highest BCUT2D eigenvalue weighted by molar-refractivity contribution is 5.37. The summed E-state index contributed by atoms with van der Waals surface area (Å²) < 4.78 is 1.65. The lowest BCUT2D eigenvalue weighted by Gasteiger charge is -2.19. The van der Waals surface area contributed by atoms with Crippen LogP contribution in [0.5, 0.6) is 0 Å². The van der Waals surface area contributed by atoms with Gasteiger partial charge >= 0.3 is 0 Å². The first kappa shape index (κ1) is 11.8. The van der Waals surface area contributed by atoms with Crippen LogP contribution < -0.4 is 0 Å². The molecule has 0 atom stereocenters. The molecule has 0 aliphatic carbocycles. The number of nitrogens with zero attached hydrogens (tertiary/aromatic N) is 3. The zero-order valence-electron chi connectivity index (χ0n) is 10.4. The van der Waals surface area contributed by atoms with Crippen molar-refractivity contribution in [3.8, 4) is 5.69 Å². The standard InChI is InChI=1S/C13H17N3O/c1-13(2,3)10-4-6-11(7-5-10)16-12(9-17)8-14-15-16/h4-8,17H,9H2,1-3H3. The van der Waals surface area contributed by atoms with Gasteiger partial charge in [0.1, 0.15) is 0 Å². The van der Waals surface area contributed by atoms with E-state index >= 15 is 0 Å². The van der Waals surface area contributed by atoms with Crippen LogP contribution in [0.2, 0.25) is 0 Å². The number of hydrogen-bond acceptors (Lipinski definition) is 3. The molecule has 0 aliphatic heterocycles. The van der Waals surface area contributed by atoms with Crippen molar-refractivity contribution in [1.82, 2.24) is 15.0 Å². The maximum atomic E-state index is 9.15. The summed E-state index contributed by atoms with van der Waals surface area (Å²) in [7, 11) is 0. The molecule has 1 aromatic heterocycles. The summed E-state index contributed by atoms with van der Waals surface area (Å²) in [5.74, 6) is 0. The first-order valence-electron chi connectivity index (χ1n) is 5.64. The Kier molecular flexibility index (Phi) is 2.98. The molecule has 0 saturated carbocycles. The third-order valence-electron chi connectivity index (χ3n) is 2.76. The van der Waals surface area contributed by atoms with Crippen LogP contribution in [0, 0.1) is 0 Å². The van der Waals surface area contributed by atoms with E-state index in [1.54, 1.807) is 10.9 Å². The van der Waals surface area contributed by atoms with Crippen LogP contribution in [-0.4, -0.2) is 20.1 Å². The average Bonchev–Trinajstić information content (AvgIpc) is 2.76. The molecule has 0 aliphatic rings. The third kappa shape index (κ3) is 2.36. The van der Waals surface area contributed by atoms with E-state index < -0.39 is 0 Å². The number of rotatable bonds is 2. The van der Waals surface area contributed by atoms with Crippen LogP contribution in [0.3, 0.4) is 0 Å². The van der Waals surface area contributed by atoms with E-state index in [0.29, 0.717) is 5.69 Å². The van der Waals surface area contributed by atoms with E-state index in [0.717, 1.165) is 5.69 Å².